The minimum Gasteiger partial charge on any atom is -0.372 e. The number of nitrogens with zero attached hydrogens (tertiary/aromatic N) is 1. The van der Waals surface area contributed by atoms with E-state index in [9.17, 15) is 18.0 Å². The molecule has 18 heavy (non-hydrogen) atoms. The molecule has 1 rings (SSSR count). The van der Waals surface area contributed by atoms with Gasteiger partial charge in [0.25, 0.3) is 0 Å². The van der Waals surface area contributed by atoms with Gasteiger partial charge in [0.05, 0.1) is 13.0 Å². The molecule has 1 heterocycles. The van der Waals surface area contributed by atoms with Crippen molar-refractivity contribution in [3.8, 4) is 0 Å². The van der Waals surface area contributed by atoms with Crippen molar-refractivity contribution < 1.29 is 22.7 Å². The molecule has 0 radical (unpaired) electrons. The van der Waals surface area contributed by atoms with Gasteiger partial charge in [-0.15, -0.1) is 0 Å². The Kier molecular flexibility index (Phi) is 5.87. The lowest BCUT2D eigenvalue weighted by molar-refractivity contribution is -0.175. The lowest BCUT2D eigenvalue weighted by Gasteiger charge is -2.31. The maximum atomic E-state index is 11.8. The number of rotatable bonds is 5. The van der Waals surface area contributed by atoms with E-state index in [-0.39, 0.29) is 25.0 Å². The van der Waals surface area contributed by atoms with E-state index in [0.717, 1.165) is 25.9 Å². The number of hydrogen-bond donors (Lipinski definition) is 1. The quantitative estimate of drug-likeness (QED) is 0.761. The summed E-state index contributed by atoms with van der Waals surface area (Å²) in [5, 5.41) is 3.18. The van der Waals surface area contributed by atoms with Crippen LogP contribution in [0.1, 0.15) is 19.3 Å². The first-order chi connectivity index (χ1) is 8.40. The van der Waals surface area contributed by atoms with Crippen molar-refractivity contribution in [2.75, 3.05) is 33.4 Å². The molecule has 0 aromatic carbocycles. The molecule has 1 saturated heterocycles. The van der Waals surface area contributed by atoms with E-state index in [0.29, 0.717) is 0 Å². The first-order valence-electron chi connectivity index (χ1n) is 6.01. The normalized spacial score (nSPS) is 20.8. The van der Waals surface area contributed by atoms with Gasteiger partial charge in [-0.3, -0.25) is 4.79 Å². The first-order valence-corrected chi connectivity index (χ1v) is 6.01. The van der Waals surface area contributed by atoms with Crippen LogP contribution in [0, 0.1) is 0 Å². The molecule has 0 aromatic rings. The van der Waals surface area contributed by atoms with Gasteiger partial charge in [0, 0.05) is 19.6 Å². The summed E-state index contributed by atoms with van der Waals surface area (Å²) in [6.07, 6.45) is -2.41. The average molecular weight is 268 g/mol. The molecular formula is C11H19F3N2O2. The minimum absolute atomic E-state index is 0.0108. The minimum atomic E-state index is -4.33. The summed E-state index contributed by atoms with van der Waals surface area (Å²) in [7, 11) is 1.68. The van der Waals surface area contributed by atoms with E-state index < -0.39 is 12.8 Å². The maximum Gasteiger partial charge on any atom is 0.411 e. The molecule has 7 heteroatoms. The van der Waals surface area contributed by atoms with Crippen LogP contribution >= 0.6 is 0 Å². The Balaban J connectivity index is 2.19. The summed E-state index contributed by atoms with van der Waals surface area (Å²) in [4.78, 5) is 13.3. The zero-order valence-electron chi connectivity index (χ0n) is 10.4. The second-order valence-corrected chi connectivity index (χ2v) is 4.42. The number of nitrogens with one attached hydrogen (secondary N) is 1. The van der Waals surface area contributed by atoms with Crippen LogP contribution in [0.4, 0.5) is 13.2 Å². The molecule has 1 unspecified atom stereocenters. The predicted molar refractivity (Wildman–Crippen MR) is 60.2 cm³/mol. The Morgan fingerprint density at radius 1 is 1.50 bits per heavy atom. The molecular weight excluding hydrogens is 249 g/mol. The molecule has 1 fully saturated rings. The highest BCUT2D eigenvalue weighted by Crippen LogP contribution is 2.15. The number of carbonyl (C=O) groups is 1. The maximum absolute atomic E-state index is 11.8. The summed E-state index contributed by atoms with van der Waals surface area (Å²) >= 11 is 0. The van der Waals surface area contributed by atoms with Gasteiger partial charge in [0.1, 0.15) is 6.61 Å². The third-order valence-corrected chi connectivity index (χ3v) is 2.94. The number of piperidine rings is 1. The van der Waals surface area contributed by atoms with Gasteiger partial charge in [-0.05, 0) is 19.4 Å². The molecule has 0 aliphatic carbocycles. The van der Waals surface area contributed by atoms with Crippen molar-refractivity contribution in [2.24, 2.45) is 0 Å². The third kappa shape index (κ3) is 5.68. The lowest BCUT2D eigenvalue weighted by Crippen LogP contribution is -2.46. The van der Waals surface area contributed by atoms with Crippen molar-refractivity contribution in [3.63, 3.8) is 0 Å². The molecule has 1 aliphatic heterocycles. The molecule has 1 atom stereocenters. The van der Waals surface area contributed by atoms with E-state index in [2.05, 4.69) is 10.1 Å². The number of ether oxygens (including phenoxy) is 1. The van der Waals surface area contributed by atoms with Gasteiger partial charge in [0.2, 0.25) is 5.91 Å². The van der Waals surface area contributed by atoms with Gasteiger partial charge >= 0.3 is 6.18 Å². The van der Waals surface area contributed by atoms with Gasteiger partial charge in [-0.1, -0.05) is 0 Å². The monoisotopic (exact) mass is 268 g/mol. The highest BCUT2D eigenvalue weighted by atomic mass is 19.4. The molecule has 4 nitrogen and oxygen atoms in total. The first kappa shape index (κ1) is 15.2. The number of amides is 1. The van der Waals surface area contributed by atoms with E-state index in [1.807, 2.05) is 0 Å². The summed E-state index contributed by atoms with van der Waals surface area (Å²) in [6, 6.07) is 0.133. The number of hydrogen-bond acceptors (Lipinski definition) is 3. The number of halogens is 3. The summed E-state index contributed by atoms with van der Waals surface area (Å²) < 4.78 is 39.8. The fourth-order valence-corrected chi connectivity index (χ4v) is 1.89. The Morgan fingerprint density at radius 3 is 2.78 bits per heavy atom. The SMILES string of the molecule is CN(C(=O)CCOCC(F)(F)F)C1CCCNC1. The molecule has 1 aliphatic rings. The second kappa shape index (κ2) is 6.94. The summed E-state index contributed by atoms with van der Waals surface area (Å²) in [6.45, 7) is 0.205. The highest BCUT2D eigenvalue weighted by Gasteiger charge is 2.27. The Labute approximate surface area is 104 Å². The zero-order valence-corrected chi connectivity index (χ0v) is 10.4. The molecule has 0 bridgehead atoms. The molecule has 0 saturated carbocycles. The Hall–Kier alpha value is -0.820. The van der Waals surface area contributed by atoms with Crippen LogP contribution < -0.4 is 5.32 Å². The van der Waals surface area contributed by atoms with Crippen LogP contribution in [-0.2, 0) is 9.53 Å². The van der Waals surface area contributed by atoms with Crippen LogP contribution in [0.25, 0.3) is 0 Å². The predicted octanol–water partition coefficient (Wildman–Crippen LogP) is 1.17. The van der Waals surface area contributed by atoms with Crippen LogP contribution in [0.2, 0.25) is 0 Å². The van der Waals surface area contributed by atoms with E-state index in [1.165, 1.54) is 0 Å². The fraction of sp³-hybridized carbons (Fsp3) is 0.909. The second-order valence-electron chi connectivity index (χ2n) is 4.42. The molecule has 0 spiro atoms. The van der Waals surface area contributed by atoms with Crippen molar-refractivity contribution in [3.05, 3.63) is 0 Å². The molecule has 0 aromatic heterocycles. The van der Waals surface area contributed by atoms with Gasteiger partial charge in [-0.2, -0.15) is 13.2 Å². The number of carbonyl (C=O) groups excluding carboxylic acids is 1. The van der Waals surface area contributed by atoms with Gasteiger partial charge in [-0.25, -0.2) is 0 Å². The van der Waals surface area contributed by atoms with Crippen LogP contribution in [0.5, 0.6) is 0 Å². The molecule has 1 amide bonds. The average Bonchev–Trinajstić information content (AvgIpc) is 2.33. The van der Waals surface area contributed by atoms with Crippen molar-refractivity contribution in [2.45, 2.75) is 31.5 Å². The fourth-order valence-electron chi connectivity index (χ4n) is 1.89. The largest absolute Gasteiger partial charge is 0.411 e. The van der Waals surface area contributed by atoms with E-state index in [1.54, 1.807) is 11.9 Å². The van der Waals surface area contributed by atoms with Crippen molar-refractivity contribution >= 4 is 5.91 Å². The number of alkyl halides is 3. The Morgan fingerprint density at radius 2 is 2.22 bits per heavy atom. The topological polar surface area (TPSA) is 41.6 Å². The smallest absolute Gasteiger partial charge is 0.372 e. The molecule has 1 N–H and O–H groups in total. The summed E-state index contributed by atoms with van der Waals surface area (Å²) in [5.74, 6) is -0.175. The van der Waals surface area contributed by atoms with Crippen LogP contribution in [-0.4, -0.2) is 56.4 Å². The van der Waals surface area contributed by atoms with E-state index in [4.69, 9.17) is 0 Å². The van der Waals surface area contributed by atoms with Crippen LogP contribution in [0.3, 0.4) is 0 Å². The third-order valence-electron chi connectivity index (χ3n) is 2.94. The van der Waals surface area contributed by atoms with E-state index >= 15 is 0 Å². The standard InChI is InChI=1S/C11H19F3N2O2/c1-16(9-3-2-5-15-7-9)10(17)4-6-18-8-11(12,13)14/h9,15H,2-8H2,1H3. The van der Waals surface area contributed by atoms with Crippen molar-refractivity contribution in [1.29, 1.82) is 0 Å². The summed E-state index contributed by atoms with van der Waals surface area (Å²) in [5.41, 5.74) is 0. The Bertz CT molecular complexity index is 266. The number of likely N-dealkylation sites (N-methyl/N-ethyl adjacent to an activating group) is 1. The van der Waals surface area contributed by atoms with Gasteiger partial charge < -0.3 is 15.0 Å². The molecule has 106 valence electrons. The van der Waals surface area contributed by atoms with Crippen LogP contribution in [0.15, 0.2) is 0 Å². The van der Waals surface area contributed by atoms with Gasteiger partial charge in [0.15, 0.2) is 0 Å². The highest BCUT2D eigenvalue weighted by molar-refractivity contribution is 5.76. The lowest BCUT2D eigenvalue weighted by atomic mass is 10.1. The van der Waals surface area contributed by atoms with Crippen molar-refractivity contribution in [1.82, 2.24) is 10.2 Å². The zero-order chi connectivity index (χ0) is 13.6.